The van der Waals surface area contributed by atoms with E-state index in [0.717, 1.165) is 5.56 Å². The van der Waals surface area contributed by atoms with Gasteiger partial charge in [-0.05, 0) is 25.5 Å². The molecule has 0 fully saturated rings. The SMILES string of the molecule is C=C(C=C(C)C)OCc1ccccc1.CCC. The lowest BCUT2D eigenvalue weighted by molar-refractivity contribution is 0.212. The van der Waals surface area contributed by atoms with Gasteiger partial charge in [0.05, 0.1) is 0 Å². The summed E-state index contributed by atoms with van der Waals surface area (Å²) in [5.74, 6) is 0.717. The van der Waals surface area contributed by atoms with Crippen molar-refractivity contribution in [2.45, 2.75) is 40.7 Å². The molecule has 17 heavy (non-hydrogen) atoms. The Kier molecular flexibility index (Phi) is 8.85. The lowest BCUT2D eigenvalue weighted by Gasteiger charge is -2.05. The fourth-order valence-electron chi connectivity index (χ4n) is 1.11. The van der Waals surface area contributed by atoms with Crippen molar-refractivity contribution in [2.75, 3.05) is 0 Å². The molecule has 0 N–H and O–H groups in total. The van der Waals surface area contributed by atoms with E-state index >= 15 is 0 Å². The Bertz CT molecular complexity index is 332. The summed E-state index contributed by atoms with van der Waals surface area (Å²) >= 11 is 0. The van der Waals surface area contributed by atoms with E-state index in [4.69, 9.17) is 4.74 Å². The minimum Gasteiger partial charge on any atom is -0.490 e. The first kappa shape index (κ1) is 15.5. The van der Waals surface area contributed by atoms with Crippen LogP contribution < -0.4 is 0 Å². The van der Waals surface area contributed by atoms with Gasteiger partial charge in [-0.3, -0.25) is 0 Å². The summed E-state index contributed by atoms with van der Waals surface area (Å²) in [7, 11) is 0. The van der Waals surface area contributed by atoms with Gasteiger partial charge in [-0.25, -0.2) is 0 Å². The van der Waals surface area contributed by atoms with E-state index in [1.807, 2.05) is 50.3 Å². The molecule has 1 aromatic rings. The van der Waals surface area contributed by atoms with Crippen molar-refractivity contribution >= 4 is 0 Å². The highest BCUT2D eigenvalue weighted by Gasteiger charge is 1.92. The van der Waals surface area contributed by atoms with E-state index < -0.39 is 0 Å². The quantitative estimate of drug-likeness (QED) is 0.518. The maximum atomic E-state index is 5.47. The van der Waals surface area contributed by atoms with Gasteiger partial charge >= 0.3 is 0 Å². The molecule has 0 aliphatic carbocycles. The van der Waals surface area contributed by atoms with Crippen LogP contribution in [0.2, 0.25) is 0 Å². The molecular formula is C16H24O. The second-order valence-electron chi connectivity index (χ2n) is 4.17. The van der Waals surface area contributed by atoms with Crippen LogP contribution in [-0.2, 0) is 11.3 Å². The zero-order chi connectivity index (χ0) is 13.1. The van der Waals surface area contributed by atoms with Gasteiger partial charge in [-0.1, -0.05) is 62.8 Å². The summed E-state index contributed by atoms with van der Waals surface area (Å²) in [6.07, 6.45) is 3.18. The van der Waals surface area contributed by atoms with Crippen LogP contribution in [0.3, 0.4) is 0 Å². The average molecular weight is 232 g/mol. The second-order valence-corrected chi connectivity index (χ2v) is 4.17. The molecule has 0 atom stereocenters. The van der Waals surface area contributed by atoms with Crippen LogP contribution in [-0.4, -0.2) is 0 Å². The molecule has 0 saturated heterocycles. The highest BCUT2D eigenvalue weighted by atomic mass is 16.5. The Morgan fingerprint density at radius 3 is 2.18 bits per heavy atom. The largest absolute Gasteiger partial charge is 0.490 e. The van der Waals surface area contributed by atoms with Gasteiger partial charge < -0.3 is 4.74 Å². The number of rotatable bonds is 4. The Labute approximate surface area is 106 Å². The van der Waals surface area contributed by atoms with E-state index in [9.17, 15) is 0 Å². The first-order chi connectivity index (χ1) is 8.10. The molecule has 0 saturated carbocycles. The van der Waals surface area contributed by atoms with Crippen LogP contribution >= 0.6 is 0 Å². The summed E-state index contributed by atoms with van der Waals surface area (Å²) < 4.78 is 5.47. The minimum atomic E-state index is 0.587. The first-order valence-electron chi connectivity index (χ1n) is 6.10. The number of allylic oxidation sites excluding steroid dienone is 2. The molecule has 0 heterocycles. The lowest BCUT2D eigenvalue weighted by atomic mass is 10.2. The van der Waals surface area contributed by atoms with Gasteiger partial charge in [0.15, 0.2) is 0 Å². The summed E-state index contributed by atoms with van der Waals surface area (Å²) in [6.45, 7) is 12.7. The van der Waals surface area contributed by atoms with Crippen molar-refractivity contribution in [2.24, 2.45) is 0 Å². The number of hydrogen-bond donors (Lipinski definition) is 0. The molecule has 1 rings (SSSR count). The maximum Gasteiger partial charge on any atom is 0.113 e. The van der Waals surface area contributed by atoms with Crippen LogP contribution in [0.1, 0.15) is 39.7 Å². The third-order valence-corrected chi connectivity index (χ3v) is 1.72. The van der Waals surface area contributed by atoms with Gasteiger partial charge in [0.25, 0.3) is 0 Å². The standard InChI is InChI=1S/C13H16O.C3H8/c1-11(2)9-12(3)14-10-13-7-5-4-6-8-13;1-3-2/h4-9H,3,10H2,1-2H3;3H2,1-2H3. The lowest BCUT2D eigenvalue weighted by Crippen LogP contribution is -1.90. The third-order valence-electron chi connectivity index (χ3n) is 1.72. The number of ether oxygens (including phenoxy) is 1. The Balaban J connectivity index is 0.000000770. The fraction of sp³-hybridized carbons (Fsp3) is 0.375. The van der Waals surface area contributed by atoms with E-state index in [1.54, 1.807) is 0 Å². The van der Waals surface area contributed by atoms with E-state index in [1.165, 1.54) is 12.0 Å². The summed E-state index contributed by atoms with van der Waals surface area (Å²) in [5, 5.41) is 0. The smallest absolute Gasteiger partial charge is 0.113 e. The minimum absolute atomic E-state index is 0.587. The Hall–Kier alpha value is -1.50. The molecule has 0 unspecified atom stereocenters. The first-order valence-corrected chi connectivity index (χ1v) is 6.10. The molecule has 94 valence electrons. The van der Waals surface area contributed by atoms with Gasteiger partial charge in [0.1, 0.15) is 12.4 Å². The van der Waals surface area contributed by atoms with E-state index in [0.29, 0.717) is 12.4 Å². The molecule has 1 nitrogen and oxygen atoms in total. The molecular weight excluding hydrogens is 208 g/mol. The van der Waals surface area contributed by atoms with Crippen LogP contribution in [0, 0.1) is 0 Å². The van der Waals surface area contributed by atoms with Crippen LogP contribution in [0.4, 0.5) is 0 Å². The molecule has 0 spiro atoms. The van der Waals surface area contributed by atoms with Crippen molar-refractivity contribution in [3.63, 3.8) is 0 Å². The summed E-state index contributed by atoms with van der Waals surface area (Å²) in [4.78, 5) is 0. The van der Waals surface area contributed by atoms with Gasteiger partial charge in [-0.2, -0.15) is 0 Å². The third kappa shape index (κ3) is 9.43. The fourth-order valence-corrected chi connectivity index (χ4v) is 1.11. The predicted octanol–water partition coefficient (Wildman–Crippen LogP) is 5.10. The van der Waals surface area contributed by atoms with Crippen molar-refractivity contribution in [3.05, 3.63) is 59.9 Å². The molecule has 1 aromatic carbocycles. The number of hydrogen-bond acceptors (Lipinski definition) is 1. The highest BCUT2D eigenvalue weighted by molar-refractivity contribution is 5.16. The van der Waals surface area contributed by atoms with E-state index in [-0.39, 0.29) is 0 Å². The number of benzene rings is 1. The molecule has 0 bridgehead atoms. The predicted molar refractivity (Wildman–Crippen MR) is 75.8 cm³/mol. The topological polar surface area (TPSA) is 9.23 Å². The Morgan fingerprint density at radius 2 is 1.71 bits per heavy atom. The van der Waals surface area contributed by atoms with Crippen LogP contribution in [0.15, 0.2) is 54.3 Å². The molecule has 1 heteroatoms. The molecule has 0 aliphatic heterocycles. The highest BCUT2D eigenvalue weighted by Crippen LogP contribution is 2.06. The summed E-state index contributed by atoms with van der Waals surface area (Å²) in [6, 6.07) is 10.1. The van der Waals surface area contributed by atoms with Crippen LogP contribution in [0.5, 0.6) is 0 Å². The zero-order valence-corrected chi connectivity index (χ0v) is 11.5. The molecule has 0 radical (unpaired) electrons. The van der Waals surface area contributed by atoms with Gasteiger partial charge in [-0.15, -0.1) is 0 Å². The van der Waals surface area contributed by atoms with Crippen molar-refractivity contribution < 1.29 is 4.74 Å². The average Bonchev–Trinajstić information content (AvgIpc) is 2.28. The second kappa shape index (κ2) is 9.71. The zero-order valence-electron chi connectivity index (χ0n) is 11.5. The molecule has 0 aliphatic rings. The van der Waals surface area contributed by atoms with Gasteiger partial charge in [0, 0.05) is 0 Å². The monoisotopic (exact) mass is 232 g/mol. The van der Waals surface area contributed by atoms with Crippen molar-refractivity contribution in [3.8, 4) is 0 Å². The molecule has 0 aromatic heterocycles. The molecule has 0 amide bonds. The van der Waals surface area contributed by atoms with Gasteiger partial charge in [0.2, 0.25) is 0 Å². The van der Waals surface area contributed by atoms with Crippen LogP contribution in [0.25, 0.3) is 0 Å². The van der Waals surface area contributed by atoms with Crippen molar-refractivity contribution in [1.29, 1.82) is 0 Å². The Morgan fingerprint density at radius 1 is 1.18 bits per heavy atom. The van der Waals surface area contributed by atoms with Crippen molar-refractivity contribution in [1.82, 2.24) is 0 Å². The summed E-state index contributed by atoms with van der Waals surface area (Å²) in [5.41, 5.74) is 2.36. The van der Waals surface area contributed by atoms with E-state index in [2.05, 4.69) is 20.4 Å². The normalized spacial score (nSPS) is 8.71. The maximum absolute atomic E-state index is 5.47.